The number of hydrogen-bond acceptors (Lipinski definition) is 1. The molecule has 0 bridgehead atoms. The fourth-order valence-corrected chi connectivity index (χ4v) is 1.04. The number of rotatable bonds is 0. The summed E-state index contributed by atoms with van der Waals surface area (Å²) in [5.41, 5.74) is -1.17. The molecular formula is C10H6F4S. The summed E-state index contributed by atoms with van der Waals surface area (Å²) in [5.74, 6) is 3.87. The minimum atomic E-state index is -4.69. The minimum Gasteiger partial charge on any atom is -0.206 e. The first-order chi connectivity index (χ1) is 6.95. The van der Waals surface area contributed by atoms with Gasteiger partial charge in [0, 0.05) is 5.56 Å². The summed E-state index contributed by atoms with van der Waals surface area (Å²) >= 11 is 3.78. The van der Waals surface area contributed by atoms with E-state index in [1.54, 1.807) is 0 Å². The van der Waals surface area contributed by atoms with E-state index in [-0.39, 0.29) is 11.3 Å². The molecule has 5 heteroatoms. The first kappa shape index (κ1) is 11.9. The summed E-state index contributed by atoms with van der Waals surface area (Å²) in [7, 11) is 0. The summed E-state index contributed by atoms with van der Waals surface area (Å²) in [6, 6.07) is 2.64. The van der Waals surface area contributed by atoms with Crippen molar-refractivity contribution in [3.63, 3.8) is 0 Å². The molecule has 0 radical (unpaired) electrons. The Hall–Kier alpha value is -1.15. The van der Waals surface area contributed by atoms with E-state index in [2.05, 4.69) is 24.5 Å². The number of halogens is 4. The van der Waals surface area contributed by atoms with Crippen LogP contribution in [0.15, 0.2) is 18.2 Å². The molecule has 0 N–H and O–H groups in total. The normalized spacial score (nSPS) is 10.7. The van der Waals surface area contributed by atoms with E-state index in [0.29, 0.717) is 6.07 Å². The summed E-state index contributed by atoms with van der Waals surface area (Å²) < 4.78 is 49.5. The molecule has 0 fully saturated rings. The van der Waals surface area contributed by atoms with Crippen molar-refractivity contribution in [3.8, 4) is 11.8 Å². The van der Waals surface area contributed by atoms with Crippen LogP contribution in [0.25, 0.3) is 0 Å². The number of hydrogen-bond donors (Lipinski definition) is 1. The molecule has 1 rings (SSSR count). The Balaban J connectivity index is 3.17. The van der Waals surface area contributed by atoms with Crippen LogP contribution in [0.3, 0.4) is 0 Å². The van der Waals surface area contributed by atoms with Gasteiger partial charge >= 0.3 is 6.18 Å². The third-order valence-corrected chi connectivity index (χ3v) is 1.74. The maximum Gasteiger partial charge on any atom is 0.419 e. The summed E-state index contributed by atoms with van der Waals surface area (Å²) in [6.07, 6.45) is -4.69. The molecule has 0 spiro atoms. The topological polar surface area (TPSA) is 0 Å². The van der Waals surface area contributed by atoms with Crippen LogP contribution in [0.5, 0.6) is 0 Å². The zero-order chi connectivity index (χ0) is 11.5. The quantitative estimate of drug-likeness (QED) is 0.398. The molecule has 0 heterocycles. The number of thiol groups is 1. The van der Waals surface area contributed by atoms with E-state index in [1.807, 2.05) is 0 Å². The van der Waals surface area contributed by atoms with Gasteiger partial charge < -0.3 is 0 Å². The highest BCUT2D eigenvalue weighted by Gasteiger charge is 2.34. The van der Waals surface area contributed by atoms with Crippen molar-refractivity contribution < 1.29 is 17.6 Å². The Morgan fingerprint density at radius 3 is 2.47 bits per heavy atom. The Morgan fingerprint density at radius 2 is 1.93 bits per heavy atom. The van der Waals surface area contributed by atoms with Crippen molar-refractivity contribution in [2.24, 2.45) is 0 Å². The molecule has 0 saturated carbocycles. The van der Waals surface area contributed by atoms with Gasteiger partial charge in [-0.05, 0) is 18.2 Å². The molecule has 0 amide bonds. The highest BCUT2D eigenvalue weighted by atomic mass is 32.1. The molecule has 1 aromatic rings. The van der Waals surface area contributed by atoms with E-state index in [4.69, 9.17) is 0 Å². The van der Waals surface area contributed by atoms with Crippen molar-refractivity contribution in [1.82, 2.24) is 0 Å². The van der Waals surface area contributed by atoms with Crippen LogP contribution in [-0.4, -0.2) is 5.75 Å². The van der Waals surface area contributed by atoms with Crippen LogP contribution < -0.4 is 0 Å². The zero-order valence-electron chi connectivity index (χ0n) is 7.40. The van der Waals surface area contributed by atoms with Crippen molar-refractivity contribution in [2.45, 2.75) is 6.18 Å². The van der Waals surface area contributed by atoms with Crippen LogP contribution in [0.4, 0.5) is 17.6 Å². The standard InChI is InChI=1S/C10H6F4S/c11-9-4-3-7(2-1-5-15)6-8(9)10(12,13)14/h3-4,6,15H,5H2. The molecule has 0 aliphatic rings. The average molecular weight is 234 g/mol. The van der Waals surface area contributed by atoms with Gasteiger partial charge in [0.05, 0.1) is 11.3 Å². The molecule has 80 valence electrons. The lowest BCUT2D eigenvalue weighted by Gasteiger charge is -2.07. The molecule has 0 aliphatic carbocycles. The van der Waals surface area contributed by atoms with E-state index < -0.39 is 17.6 Å². The van der Waals surface area contributed by atoms with Crippen molar-refractivity contribution in [1.29, 1.82) is 0 Å². The van der Waals surface area contributed by atoms with Crippen LogP contribution in [0.1, 0.15) is 11.1 Å². The monoisotopic (exact) mass is 234 g/mol. The molecule has 1 aromatic carbocycles. The third kappa shape index (κ3) is 3.17. The molecule has 0 unspecified atom stereocenters. The highest BCUT2D eigenvalue weighted by molar-refractivity contribution is 7.80. The van der Waals surface area contributed by atoms with Gasteiger partial charge in [-0.25, -0.2) is 4.39 Å². The number of alkyl halides is 3. The summed E-state index contributed by atoms with van der Waals surface area (Å²) in [6.45, 7) is 0. The second-order valence-electron chi connectivity index (χ2n) is 2.65. The van der Waals surface area contributed by atoms with E-state index in [1.165, 1.54) is 6.07 Å². The molecule has 15 heavy (non-hydrogen) atoms. The lowest BCUT2D eigenvalue weighted by Crippen LogP contribution is -2.08. The van der Waals surface area contributed by atoms with Crippen LogP contribution >= 0.6 is 12.6 Å². The van der Waals surface area contributed by atoms with Crippen LogP contribution in [0.2, 0.25) is 0 Å². The predicted molar refractivity (Wildman–Crippen MR) is 52.1 cm³/mol. The van der Waals surface area contributed by atoms with Gasteiger partial charge in [0.15, 0.2) is 0 Å². The molecular weight excluding hydrogens is 228 g/mol. The van der Waals surface area contributed by atoms with E-state index >= 15 is 0 Å². The molecule has 0 aliphatic heterocycles. The second-order valence-corrected chi connectivity index (χ2v) is 2.97. The fourth-order valence-electron chi connectivity index (χ4n) is 0.962. The Kier molecular flexibility index (Phi) is 3.64. The van der Waals surface area contributed by atoms with Crippen LogP contribution in [-0.2, 0) is 6.18 Å². The van der Waals surface area contributed by atoms with Gasteiger partial charge in [-0.2, -0.15) is 25.8 Å². The lowest BCUT2D eigenvalue weighted by molar-refractivity contribution is -0.140. The maximum absolute atomic E-state index is 12.8. The van der Waals surface area contributed by atoms with Gasteiger partial charge in [-0.3, -0.25) is 0 Å². The Labute approximate surface area is 89.7 Å². The van der Waals surface area contributed by atoms with E-state index in [0.717, 1.165) is 6.07 Å². The second kappa shape index (κ2) is 4.58. The molecule has 0 saturated heterocycles. The smallest absolute Gasteiger partial charge is 0.206 e. The van der Waals surface area contributed by atoms with Gasteiger partial charge in [0.1, 0.15) is 5.82 Å². The van der Waals surface area contributed by atoms with Gasteiger partial charge in [-0.15, -0.1) is 0 Å². The first-order valence-electron chi connectivity index (χ1n) is 3.91. The van der Waals surface area contributed by atoms with Crippen molar-refractivity contribution >= 4 is 12.6 Å². The van der Waals surface area contributed by atoms with Crippen molar-refractivity contribution in [2.75, 3.05) is 5.75 Å². The van der Waals surface area contributed by atoms with E-state index in [9.17, 15) is 17.6 Å². The molecule has 0 nitrogen and oxygen atoms in total. The largest absolute Gasteiger partial charge is 0.419 e. The maximum atomic E-state index is 12.8. The SMILES string of the molecule is Fc1ccc(C#CCS)cc1C(F)(F)F. The van der Waals surface area contributed by atoms with Gasteiger partial charge in [-0.1, -0.05) is 11.8 Å². The average Bonchev–Trinajstić information content (AvgIpc) is 2.15. The summed E-state index contributed by atoms with van der Waals surface area (Å²) in [5, 5.41) is 0. The minimum absolute atomic E-state index is 0.123. The Bertz CT molecular complexity index is 412. The molecule has 0 atom stereocenters. The fraction of sp³-hybridized carbons (Fsp3) is 0.200. The number of benzene rings is 1. The predicted octanol–water partition coefficient (Wildman–Crippen LogP) is 3.13. The lowest BCUT2D eigenvalue weighted by atomic mass is 10.1. The first-order valence-corrected chi connectivity index (χ1v) is 4.55. The summed E-state index contributed by atoms with van der Waals surface area (Å²) in [4.78, 5) is 0. The van der Waals surface area contributed by atoms with Gasteiger partial charge in [0.2, 0.25) is 0 Å². The highest BCUT2D eigenvalue weighted by Crippen LogP contribution is 2.31. The third-order valence-electron chi connectivity index (χ3n) is 1.58. The molecule has 0 aromatic heterocycles. The zero-order valence-corrected chi connectivity index (χ0v) is 8.29. The van der Waals surface area contributed by atoms with Crippen LogP contribution in [0, 0.1) is 17.7 Å². The van der Waals surface area contributed by atoms with Gasteiger partial charge in [0.25, 0.3) is 0 Å². The Morgan fingerprint density at radius 1 is 1.27 bits per heavy atom. The van der Waals surface area contributed by atoms with Crippen molar-refractivity contribution in [3.05, 3.63) is 35.1 Å².